The zero-order valence-electron chi connectivity index (χ0n) is 23.5. The van der Waals surface area contributed by atoms with Crippen molar-refractivity contribution in [3.8, 4) is 0 Å². The lowest BCUT2D eigenvalue weighted by molar-refractivity contribution is -0.183. The topological polar surface area (TPSA) is 81.0 Å². The van der Waals surface area contributed by atoms with Crippen LogP contribution < -0.4 is 0 Å². The quantitative estimate of drug-likeness (QED) is 0.0888. The number of carboxylic acid groups (broad SMARTS) is 1. The van der Waals surface area contributed by atoms with Crippen molar-refractivity contribution in [3.63, 3.8) is 0 Å². The molecule has 2 unspecified atom stereocenters. The first kappa shape index (κ1) is 35.3. The molecule has 0 radical (unpaired) electrons. The summed E-state index contributed by atoms with van der Waals surface area (Å²) in [7, 11) is 3.51. The Labute approximate surface area is 212 Å². The van der Waals surface area contributed by atoms with Crippen LogP contribution in [-0.2, 0) is 4.79 Å². The van der Waals surface area contributed by atoms with Gasteiger partial charge in [0.1, 0.15) is 5.72 Å². The predicted molar refractivity (Wildman–Crippen MR) is 146 cm³/mol. The lowest BCUT2D eigenvalue weighted by Crippen LogP contribution is -2.56. The van der Waals surface area contributed by atoms with Crippen molar-refractivity contribution >= 4 is 5.97 Å². The number of rotatable bonds is 21. The maximum Gasteiger partial charge on any atom is 0.303 e. The van der Waals surface area contributed by atoms with Gasteiger partial charge in [-0.15, -0.1) is 0 Å². The molecule has 0 aliphatic heterocycles. The number of aliphatic carboxylic acids is 1. The Kier molecular flexibility index (Phi) is 24.7. The van der Waals surface area contributed by atoms with Gasteiger partial charge in [-0.25, -0.2) is 0 Å². The van der Waals surface area contributed by atoms with Crippen LogP contribution in [-0.4, -0.2) is 52.1 Å². The minimum atomic E-state index is -1.11. The second-order valence-electron chi connectivity index (χ2n) is 10.3. The molecule has 0 bridgehead atoms. The van der Waals surface area contributed by atoms with Crippen LogP contribution in [0, 0.1) is 5.92 Å². The molecule has 0 aromatic carbocycles. The lowest BCUT2D eigenvalue weighted by atomic mass is 9.93. The number of hydrogen-bond donors (Lipinski definition) is 3. The Morgan fingerprint density at radius 1 is 0.765 bits per heavy atom. The summed E-state index contributed by atoms with van der Waals surface area (Å²) in [5, 5.41) is 27.8. The second-order valence-corrected chi connectivity index (χ2v) is 10.3. The Morgan fingerprint density at radius 3 is 1.44 bits per heavy atom. The van der Waals surface area contributed by atoms with Gasteiger partial charge in [-0.1, -0.05) is 104 Å². The van der Waals surface area contributed by atoms with Gasteiger partial charge in [0.15, 0.2) is 0 Å². The number of nitrogens with zero attached hydrogens (tertiary/aromatic N) is 1. The summed E-state index contributed by atoms with van der Waals surface area (Å²) in [6.45, 7) is 7.63. The van der Waals surface area contributed by atoms with E-state index in [-0.39, 0.29) is 5.92 Å². The van der Waals surface area contributed by atoms with Crippen LogP contribution in [0.1, 0.15) is 137 Å². The Morgan fingerprint density at radius 2 is 1.15 bits per heavy atom. The molecule has 0 saturated heterocycles. The van der Waals surface area contributed by atoms with Gasteiger partial charge in [-0.3, -0.25) is 9.69 Å². The third-order valence-corrected chi connectivity index (χ3v) is 6.58. The third kappa shape index (κ3) is 20.5. The first-order valence-corrected chi connectivity index (χ1v) is 14.0. The van der Waals surface area contributed by atoms with Crippen LogP contribution in [0.2, 0.25) is 0 Å². The largest absolute Gasteiger partial charge is 0.481 e. The average Bonchev–Trinajstić information content (AvgIpc) is 2.77. The van der Waals surface area contributed by atoms with E-state index in [1.165, 1.54) is 89.9 Å². The zero-order valence-corrected chi connectivity index (χ0v) is 23.5. The van der Waals surface area contributed by atoms with Crippen molar-refractivity contribution in [2.24, 2.45) is 5.92 Å². The highest BCUT2D eigenvalue weighted by Gasteiger charge is 2.38. The normalized spacial score (nSPS) is 14.3. The maximum atomic E-state index is 10.4. The van der Waals surface area contributed by atoms with E-state index in [0.29, 0.717) is 6.42 Å². The van der Waals surface area contributed by atoms with Gasteiger partial charge in [0.05, 0.1) is 6.10 Å². The average molecular weight is 486 g/mol. The van der Waals surface area contributed by atoms with Crippen LogP contribution >= 0.6 is 0 Å². The highest BCUT2D eigenvalue weighted by Crippen LogP contribution is 2.23. The molecular weight excluding hydrogens is 426 g/mol. The third-order valence-electron chi connectivity index (χ3n) is 6.58. The molecule has 204 valence electrons. The van der Waals surface area contributed by atoms with Crippen molar-refractivity contribution in [3.05, 3.63) is 12.2 Å². The number of allylic oxidation sites excluding steroid dienone is 2. The molecule has 0 heterocycles. The van der Waals surface area contributed by atoms with E-state index >= 15 is 0 Å². The summed E-state index contributed by atoms with van der Waals surface area (Å²) in [5.74, 6) is -0.647. The molecule has 0 aliphatic carbocycles. The Balaban J connectivity index is 0. The molecule has 0 saturated carbocycles. The number of likely N-dealkylation sites (N-methyl/N-ethyl adjacent to an activating group) is 1. The first-order valence-electron chi connectivity index (χ1n) is 14.0. The molecule has 0 aromatic rings. The standard InChI is InChI=1S/C21H40O2.C8H19NO2/c1-2-3-4-5-6-7-8-9-10-11-12-13-14-15-16-17-18-19-20-21(22)23;1-6(2)8(11,7(3)10)9(4)5/h10-11H,2-9,12-20H2,1H3,(H,22,23);6-7,10-11H,1-5H3. The zero-order chi connectivity index (χ0) is 26.2. The number of aliphatic hydroxyl groups is 2. The summed E-state index contributed by atoms with van der Waals surface area (Å²) in [4.78, 5) is 12.0. The van der Waals surface area contributed by atoms with Crippen molar-refractivity contribution in [2.45, 2.75) is 149 Å². The highest BCUT2D eigenvalue weighted by atomic mass is 16.4. The van der Waals surface area contributed by atoms with Crippen molar-refractivity contribution < 1.29 is 20.1 Å². The summed E-state index contributed by atoms with van der Waals surface area (Å²) in [5.41, 5.74) is -1.11. The monoisotopic (exact) mass is 485 g/mol. The van der Waals surface area contributed by atoms with E-state index in [1.54, 1.807) is 25.9 Å². The van der Waals surface area contributed by atoms with Crippen molar-refractivity contribution in [1.82, 2.24) is 4.90 Å². The van der Waals surface area contributed by atoms with Crippen molar-refractivity contribution in [2.75, 3.05) is 14.1 Å². The molecule has 0 amide bonds. The number of carboxylic acids is 1. The molecule has 2 atom stereocenters. The molecule has 5 nitrogen and oxygen atoms in total. The van der Waals surface area contributed by atoms with Crippen LogP contribution in [0.3, 0.4) is 0 Å². The second kappa shape index (κ2) is 23.8. The van der Waals surface area contributed by atoms with Gasteiger partial charge < -0.3 is 15.3 Å². The van der Waals surface area contributed by atoms with E-state index in [9.17, 15) is 15.0 Å². The van der Waals surface area contributed by atoms with Crippen LogP contribution in [0.25, 0.3) is 0 Å². The fourth-order valence-corrected chi connectivity index (χ4v) is 4.25. The minimum Gasteiger partial charge on any atom is -0.481 e. The van der Waals surface area contributed by atoms with Gasteiger partial charge in [0, 0.05) is 6.42 Å². The smallest absolute Gasteiger partial charge is 0.303 e. The maximum absolute atomic E-state index is 10.4. The van der Waals surface area contributed by atoms with E-state index in [2.05, 4.69) is 19.1 Å². The van der Waals surface area contributed by atoms with Crippen LogP contribution in [0.4, 0.5) is 0 Å². The molecule has 34 heavy (non-hydrogen) atoms. The van der Waals surface area contributed by atoms with E-state index < -0.39 is 17.8 Å². The molecule has 0 aromatic heterocycles. The molecule has 0 rings (SSSR count). The van der Waals surface area contributed by atoms with Crippen LogP contribution in [0.15, 0.2) is 12.2 Å². The lowest BCUT2D eigenvalue weighted by Gasteiger charge is -2.40. The van der Waals surface area contributed by atoms with E-state index in [1.807, 2.05) is 13.8 Å². The summed E-state index contributed by atoms with van der Waals surface area (Å²) in [6.07, 6.45) is 24.9. The first-order chi connectivity index (χ1) is 16.1. The van der Waals surface area contributed by atoms with Gasteiger partial charge in [-0.2, -0.15) is 0 Å². The summed E-state index contributed by atoms with van der Waals surface area (Å²) < 4.78 is 0. The fourth-order valence-electron chi connectivity index (χ4n) is 4.25. The van der Waals surface area contributed by atoms with Gasteiger partial charge in [-0.05, 0) is 59.0 Å². The predicted octanol–water partition coefficient (Wildman–Crippen LogP) is 7.55. The highest BCUT2D eigenvalue weighted by molar-refractivity contribution is 5.66. The van der Waals surface area contributed by atoms with Crippen LogP contribution in [0.5, 0.6) is 0 Å². The Bertz CT molecular complexity index is 453. The number of carbonyl (C=O) groups is 1. The van der Waals surface area contributed by atoms with Gasteiger partial charge in [0.2, 0.25) is 0 Å². The molecule has 0 fully saturated rings. The molecule has 3 N–H and O–H groups in total. The Hall–Kier alpha value is -0.910. The fraction of sp³-hybridized carbons (Fsp3) is 0.897. The van der Waals surface area contributed by atoms with Crippen molar-refractivity contribution in [1.29, 1.82) is 0 Å². The molecule has 0 spiro atoms. The summed E-state index contributed by atoms with van der Waals surface area (Å²) >= 11 is 0. The van der Waals surface area contributed by atoms with Gasteiger partial charge >= 0.3 is 5.97 Å². The number of aliphatic hydroxyl groups excluding tert-OH is 1. The molecule has 0 aliphatic rings. The summed E-state index contributed by atoms with van der Waals surface area (Å²) in [6, 6.07) is 0. The SMILES string of the molecule is CC(C)C(O)(C(C)O)N(C)C.CCCCCCCCCC=CCCCCCCCCCC(=O)O. The molecule has 5 heteroatoms. The van der Waals surface area contributed by atoms with E-state index in [0.717, 1.165) is 12.8 Å². The van der Waals surface area contributed by atoms with Gasteiger partial charge in [0.25, 0.3) is 0 Å². The van der Waals surface area contributed by atoms with E-state index in [4.69, 9.17) is 5.11 Å². The number of unbranched alkanes of at least 4 members (excludes halogenated alkanes) is 14. The number of hydrogen-bond acceptors (Lipinski definition) is 4. The molecular formula is C29H59NO4. The minimum absolute atomic E-state index is 0.0116.